The molecule has 22 heavy (non-hydrogen) atoms. The maximum atomic E-state index is 11.7. The van der Waals surface area contributed by atoms with Crippen LogP contribution in [0, 0.1) is 6.92 Å². The minimum atomic E-state index is -0.275. The molecular weight excluding hydrogens is 280 g/mol. The molecule has 2 aromatic carbocycles. The number of rotatable bonds is 6. The second-order valence-corrected chi connectivity index (χ2v) is 4.81. The van der Waals surface area contributed by atoms with E-state index >= 15 is 0 Å². The Kier molecular flexibility index (Phi) is 5.65. The minimum Gasteiger partial charge on any atom is -0.497 e. The van der Waals surface area contributed by atoms with Gasteiger partial charge in [0.15, 0.2) is 6.73 Å². The summed E-state index contributed by atoms with van der Waals surface area (Å²) in [6.45, 7) is 2.58. The van der Waals surface area contributed by atoms with Gasteiger partial charge in [-0.2, -0.15) is 0 Å². The lowest BCUT2D eigenvalue weighted by Crippen LogP contribution is -2.37. The van der Waals surface area contributed by atoms with E-state index in [9.17, 15) is 4.79 Å². The lowest BCUT2D eigenvalue weighted by atomic mass is 10.2. The standard InChI is InChI=1S/C17H20N2O3/c1-13-3-7-16(8-4-13)22-12-19-17(20)18-11-14-5-9-15(21-2)10-6-14/h3-10H,11-12H2,1-2H3,(H2,18,19,20). The van der Waals surface area contributed by atoms with Gasteiger partial charge >= 0.3 is 6.03 Å². The molecule has 0 fully saturated rings. The van der Waals surface area contributed by atoms with E-state index in [1.54, 1.807) is 7.11 Å². The Morgan fingerprint density at radius 2 is 1.59 bits per heavy atom. The van der Waals surface area contributed by atoms with E-state index in [1.807, 2.05) is 55.5 Å². The average molecular weight is 300 g/mol. The van der Waals surface area contributed by atoms with Gasteiger partial charge in [0.05, 0.1) is 7.11 Å². The topological polar surface area (TPSA) is 59.6 Å². The molecule has 0 bridgehead atoms. The van der Waals surface area contributed by atoms with Gasteiger partial charge in [-0.1, -0.05) is 29.8 Å². The maximum absolute atomic E-state index is 11.7. The third-order valence-electron chi connectivity index (χ3n) is 3.10. The number of carbonyl (C=O) groups is 1. The van der Waals surface area contributed by atoms with E-state index in [1.165, 1.54) is 0 Å². The summed E-state index contributed by atoms with van der Waals surface area (Å²) in [5.74, 6) is 1.51. The zero-order chi connectivity index (χ0) is 15.8. The molecule has 0 aliphatic carbocycles. The summed E-state index contributed by atoms with van der Waals surface area (Å²) in [5, 5.41) is 5.40. The number of ether oxygens (including phenoxy) is 2. The summed E-state index contributed by atoms with van der Waals surface area (Å²) in [5.41, 5.74) is 2.16. The Balaban J connectivity index is 1.68. The van der Waals surface area contributed by atoms with E-state index in [0.717, 1.165) is 22.6 Å². The van der Waals surface area contributed by atoms with E-state index < -0.39 is 0 Å². The van der Waals surface area contributed by atoms with Gasteiger partial charge in [0.25, 0.3) is 0 Å². The van der Waals surface area contributed by atoms with Crippen LogP contribution >= 0.6 is 0 Å². The minimum absolute atomic E-state index is 0.123. The highest BCUT2D eigenvalue weighted by molar-refractivity contribution is 5.73. The Labute approximate surface area is 130 Å². The predicted molar refractivity (Wildman–Crippen MR) is 85.0 cm³/mol. The normalized spacial score (nSPS) is 9.91. The Hall–Kier alpha value is -2.69. The molecule has 0 atom stereocenters. The average Bonchev–Trinajstić information content (AvgIpc) is 2.55. The molecule has 5 heteroatoms. The Morgan fingerprint density at radius 3 is 2.23 bits per heavy atom. The van der Waals surface area contributed by atoms with Crippen molar-refractivity contribution >= 4 is 6.03 Å². The van der Waals surface area contributed by atoms with Crippen LogP contribution in [0.4, 0.5) is 4.79 Å². The van der Waals surface area contributed by atoms with Crippen LogP contribution in [0.2, 0.25) is 0 Å². The van der Waals surface area contributed by atoms with Crippen molar-refractivity contribution in [1.29, 1.82) is 0 Å². The number of urea groups is 1. The number of methoxy groups -OCH3 is 1. The highest BCUT2D eigenvalue weighted by atomic mass is 16.5. The molecule has 0 heterocycles. The van der Waals surface area contributed by atoms with Gasteiger partial charge in [-0.25, -0.2) is 4.79 Å². The quantitative estimate of drug-likeness (QED) is 0.807. The molecule has 0 saturated heterocycles. The molecule has 0 aromatic heterocycles. The first-order valence-corrected chi connectivity index (χ1v) is 7.01. The van der Waals surface area contributed by atoms with E-state index in [4.69, 9.17) is 9.47 Å². The molecule has 0 radical (unpaired) electrons. The number of aryl methyl sites for hydroxylation is 1. The second-order valence-electron chi connectivity index (χ2n) is 4.81. The van der Waals surface area contributed by atoms with Gasteiger partial charge in [0.1, 0.15) is 11.5 Å². The van der Waals surface area contributed by atoms with Crippen LogP contribution in [0.1, 0.15) is 11.1 Å². The Morgan fingerprint density at radius 1 is 0.955 bits per heavy atom. The van der Waals surface area contributed by atoms with Crippen molar-refractivity contribution in [3.8, 4) is 11.5 Å². The SMILES string of the molecule is COc1ccc(CNC(=O)NCOc2ccc(C)cc2)cc1. The molecule has 5 nitrogen and oxygen atoms in total. The highest BCUT2D eigenvalue weighted by Gasteiger charge is 2.01. The first-order valence-electron chi connectivity index (χ1n) is 7.01. The Bertz CT molecular complexity index is 594. The summed E-state index contributed by atoms with van der Waals surface area (Å²) in [6.07, 6.45) is 0. The third-order valence-corrected chi connectivity index (χ3v) is 3.10. The van der Waals surface area contributed by atoms with Crippen molar-refractivity contribution in [2.45, 2.75) is 13.5 Å². The summed E-state index contributed by atoms with van der Waals surface area (Å²) in [7, 11) is 1.62. The van der Waals surface area contributed by atoms with Gasteiger partial charge in [-0.15, -0.1) is 0 Å². The zero-order valence-corrected chi connectivity index (χ0v) is 12.8. The van der Waals surface area contributed by atoms with Crippen molar-refractivity contribution in [2.24, 2.45) is 0 Å². The van der Waals surface area contributed by atoms with Crippen molar-refractivity contribution in [3.63, 3.8) is 0 Å². The molecule has 2 N–H and O–H groups in total. The van der Waals surface area contributed by atoms with E-state index in [0.29, 0.717) is 6.54 Å². The number of amides is 2. The molecule has 2 aromatic rings. The van der Waals surface area contributed by atoms with Gasteiger partial charge < -0.3 is 20.1 Å². The van der Waals surface area contributed by atoms with Gasteiger partial charge in [0.2, 0.25) is 0 Å². The third kappa shape index (κ3) is 5.01. The molecular formula is C17H20N2O3. The number of benzene rings is 2. The summed E-state index contributed by atoms with van der Waals surface area (Å²) in [4.78, 5) is 11.7. The van der Waals surface area contributed by atoms with Crippen LogP contribution in [0.5, 0.6) is 11.5 Å². The molecule has 2 rings (SSSR count). The summed E-state index contributed by atoms with van der Waals surface area (Å²) < 4.78 is 10.5. The summed E-state index contributed by atoms with van der Waals surface area (Å²) in [6, 6.07) is 14.9. The van der Waals surface area contributed by atoms with Crippen LogP contribution in [0.25, 0.3) is 0 Å². The van der Waals surface area contributed by atoms with Crippen molar-refractivity contribution in [2.75, 3.05) is 13.8 Å². The zero-order valence-electron chi connectivity index (χ0n) is 12.8. The number of carbonyl (C=O) groups excluding carboxylic acids is 1. The van der Waals surface area contributed by atoms with Crippen molar-refractivity contribution in [3.05, 3.63) is 59.7 Å². The van der Waals surface area contributed by atoms with E-state index in [2.05, 4.69) is 10.6 Å². The molecule has 0 aliphatic rings. The largest absolute Gasteiger partial charge is 0.497 e. The van der Waals surface area contributed by atoms with Gasteiger partial charge in [-0.3, -0.25) is 0 Å². The second kappa shape index (κ2) is 7.93. The molecule has 0 unspecified atom stereocenters. The fourth-order valence-corrected chi connectivity index (χ4v) is 1.81. The van der Waals surface area contributed by atoms with Crippen LogP contribution in [0.3, 0.4) is 0 Å². The summed E-state index contributed by atoms with van der Waals surface area (Å²) >= 11 is 0. The molecule has 2 amide bonds. The number of nitrogens with one attached hydrogen (secondary N) is 2. The lowest BCUT2D eigenvalue weighted by Gasteiger charge is -2.10. The first-order chi connectivity index (χ1) is 10.7. The van der Waals surface area contributed by atoms with Crippen LogP contribution in [-0.2, 0) is 6.54 Å². The number of hydrogen-bond acceptors (Lipinski definition) is 3. The fourth-order valence-electron chi connectivity index (χ4n) is 1.81. The monoisotopic (exact) mass is 300 g/mol. The van der Waals surface area contributed by atoms with Crippen LogP contribution < -0.4 is 20.1 Å². The van der Waals surface area contributed by atoms with Gasteiger partial charge in [-0.05, 0) is 36.8 Å². The van der Waals surface area contributed by atoms with Crippen LogP contribution in [0.15, 0.2) is 48.5 Å². The van der Waals surface area contributed by atoms with Crippen molar-refractivity contribution in [1.82, 2.24) is 10.6 Å². The molecule has 0 saturated carbocycles. The fraction of sp³-hybridized carbons (Fsp3) is 0.235. The molecule has 0 spiro atoms. The molecule has 116 valence electrons. The molecule has 0 aliphatic heterocycles. The number of hydrogen-bond donors (Lipinski definition) is 2. The van der Waals surface area contributed by atoms with Crippen molar-refractivity contribution < 1.29 is 14.3 Å². The lowest BCUT2D eigenvalue weighted by molar-refractivity contribution is 0.223. The maximum Gasteiger partial charge on any atom is 0.317 e. The smallest absolute Gasteiger partial charge is 0.317 e. The highest BCUT2D eigenvalue weighted by Crippen LogP contribution is 2.11. The first kappa shape index (κ1) is 15.7. The van der Waals surface area contributed by atoms with E-state index in [-0.39, 0.29) is 12.8 Å². The predicted octanol–water partition coefficient (Wildman–Crippen LogP) is 2.84. The van der Waals surface area contributed by atoms with Crippen LogP contribution in [-0.4, -0.2) is 19.9 Å². The van der Waals surface area contributed by atoms with Gasteiger partial charge in [0, 0.05) is 6.54 Å².